The number of nitrogens with one attached hydrogen (secondary N) is 2. The molecule has 1 fully saturated rings. The van der Waals surface area contributed by atoms with Crippen LogP contribution in [0.15, 0.2) is 6.07 Å². The van der Waals surface area contributed by atoms with Gasteiger partial charge in [0.25, 0.3) is 0 Å². The maximum absolute atomic E-state index is 4.42. The van der Waals surface area contributed by atoms with E-state index in [1.54, 1.807) is 0 Å². The van der Waals surface area contributed by atoms with Gasteiger partial charge in [-0.05, 0) is 39.8 Å². The summed E-state index contributed by atoms with van der Waals surface area (Å²) < 4.78 is 0. The molecule has 1 atom stereocenters. The van der Waals surface area contributed by atoms with Crippen LogP contribution in [0, 0.1) is 6.92 Å². The van der Waals surface area contributed by atoms with Crippen LogP contribution < -0.4 is 10.6 Å². The average Bonchev–Trinajstić information content (AvgIpc) is 2.80. The molecule has 1 unspecified atom stereocenters. The van der Waals surface area contributed by atoms with Crippen molar-refractivity contribution in [3.63, 3.8) is 0 Å². The lowest BCUT2D eigenvalue weighted by Gasteiger charge is -2.21. The van der Waals surface area contributed by atoms with Crippen LogP contribution >= 0.6 is 0 Å². The van der Waals surface area contributed by atoms with Crippen LogP contribution in [0.1, 0.15) is 25.6 Å². The van der Waals surface area contributed by atoms with Gasteiger partial charge in [0.05, 0.1) is 0 Å². The molecule has 100 valence electrons. The minimum Gasteiger partial charge on any atom is -0.373 e. The molecule has 2 heterocycles. The van der Waals surface area contributed by atoms with Gasteiger partial charge in [-0.2, -0.15) is 0 Å². The Balaban J connectivity index is 1.93. The van der Waals surface area contributed by atoms with Gasteiger partial charge < -0.3 is 15.5 Å². The zero-order chi connectivity index (χ0) is 13.0. The molecule has 18 heavy (non-hydrogen) atoms. The number of aromatic nitrogens is 2. The summed E-state index contributed by atoms with van der Waals surface area (Å²) in [5.41, 5.74) is 0. The molecule has 0 aliphatic carbocycles. The Kier molecular flexibility index (Phi) is 4.36. The first-order valence-corrected chi connectivity index (χ1v) is 6.69. The van der Waals surface area contributed by atoms with Crippen molar-refractivity contribution in [2.24, 2.45) is 0 Å². The second kappa shape index (κ2) is 6.00. The molecule has 1 aliphatic heterocycles. The Bertz CT molecular complexity index is 387. The van der Waals surface area contributed by atoms with E-state index in [0.29, 0.717) is 6.04 Å². The number of aryl methyl sites for hydroxylation is 1. The summed E-state index contributed by atoms with van der Waals surface area (Å²) in [5, 5.41) is 6.50. The van der Waals surface area contributed by atoms with Crippen molar-refractivity contribution in [2.75, 3.05) is 37.3 Å². The summed E-state index contributed by atoms with van der Waals surface area (Å²) in [6.07, 6.45) is 2.67. The zero-order valence-electron chi connectivity index (χ0n) is 11.5. The lowest BCUT2D eigenvalue weighted by Crippen LogP contribution is -2.33. The van der Waals surface area contributed by atoms with Gasteiger partial charge in [0.1, 0.15) is 17.5 Å². The SMILES string of the molecule is CNc1cc(NC(C)CN2CCCC2)nc(C)n1. The fourth-order valence-electron chi connectivity index (χ4n) is 2.42. The molecule has 2 N–H and O–H groups in total. The highest BCUT2D eigenvalue weighted by atomic mass is 15.2. The van der Waals surface area contributed by atoms with Crippen molar-refractivity contribution < 1.29 is 0 Å². The molecule has 5 heteroatoms. The van der Waals surface area contributed by atoms with Crippen LogP contribution in [0.2, 0.25) is 0 Å². The summed E-state index contributed by atoms with van der Waals surface area (Å²) in [5.74, 6) is 2.55. The molecule has 0 radical (unpaired) electrons. The zero-order valence-corrected chi connectivity index (χ0v) is 11.5. The van der Waals surface area contributed by atoms with Gasteiger partial charge in [0.15, 0.2) is 0 Å². The number of likely N-dealkylation sites (tertiary alicyclic amines) is 1. The van der Waals surface area contributed by atoms with E-state index in [0.717, 1.165) is 24.0 Å². The monoisotopic (exact) mass is 249 g/mol. The normalized spacial score (nSPS) is 17.7. The molecule has 0 bridgehead atoms. The third-order valence-corrected chi connectivity index (χ3v) is 3.22. The highest BCUT2D eigenvalue weighted by molar-refractivity contribution is 5.47. The number of anilines is 2. The van der Waals surface area contributed by atoms with Crippen molar-refractivity contribution in [1.29, 1.82) is 0 Å². The van der Waals surface area contributed by atoms with Crippen molar-refractivity contribution in [1.82, 2.24) is 14.9 Å². The van der Waals surface area contributed by atoms with E-state index in [2.05, 4.69) is 32.4 Å². The smallest absolute Gasteiger partial charge is 0.132 e. The van der Waals surface area contributed by atoms with Gasteiger partial charge >= 0.3 is 0 Å². The van der Waals surface area contributed by atoms with Crippen molar-refractivity contribution in [3.05, 3.63) is 11.9 Å². The fraction of sp³-hybridized carbons (Fsp3) is 0.692. The molecule has 0 aromatic carbocycles. The maximum Gasteiger partial charge on any atom is 0.132 e. The molecule has 0 saturated carbocycles. The molecule has 1 aromatic heterocycles. The van der Waals surface area contributed by atoms with Crippen LogP contribution in [0.4, 0.5) is 11.6 Å². The second-order valence-corrected chi connectivity index (χ2v) is 4.99. The summed E-state index contributed by atoms with van der Waals surface area (Å²) >= 11 is 0. The summed E-state index contributed by atoms with van der Waals surface area (Å²) in [7, 11) is 1.87. The van der Waals surface area contributed by atoms with Crippen LogP contribution in [-0.2, 0) is 0 Å². The Labute approximate surface area is 109 Å². The predicted octanol–water partition coefficient (Wildman–Crippen LogP) is 1.72. The third-order valence-electron chi connectivity index (χ3n) is 3.22. The highest BCUT2D eigenvalue weighted by Crippen LogP contribution is 2.13. The molecule has 1 aromatic rings. The molecule has 5 nitrogen and oxygen atoms in total. The quantitative estimate of drug-likeness (QED) is 0.832. The van der Waals surface area contributed by atoms with Crippen LogP contribution in [0.25, 0.3) is 0 Å². The Morgan fingerprint density at radius 3 is 2.61 bits per heavy atom. The lowest BCUT2D eigenvalue weighted by molar-refractivity contribution is 0.327. The molecule has 0 amide bonds. The third kappa shape index (κ3) is 3.57. The average molecular weight is 249 g/mol. The Hall–Kier alpha value is -1.36. The molecule has 2 rings (SSSR count). The maximum atomic E-state index is 4.42. The van der Waals surface area contributed by atoms with Gasteiger partial charge in [-0.3, -0.25) is 0 Å². The second-order valence-electron chi connectivity index (χ2n) is 4.99. The molecular formula is C13H23N5. The van der Waals surface area contributed by atoms with Crippen molar-refractivity contribution in [3.8, 4) is 0 Å². The van der Waals surface area contributed by atoms with Gasteiger partial charge in [0.2, 0.25) is 0 Å². The Morgan fingerprint density at radius 2 is 1.94 bits per heavy atom. The van der Waals surface area contributed by atoms with Crippen LogP contribution in [-0.4, -0.2) is 47.6 Å². The molecule has 1 aliphatic rings. The van der Waals surface area contributed by atoms with E-state index >= 15 is 0 Å². The first-order chi connectivity index (χ1) is 8.67. The van der Waals surface area contributed by atoms with Gasteiger partial charge in [-0.1, -0.05) is 0 Å². The van der Waals surface area contributed by atoms with Crippen LogP contribution in [0.3, 0.4) is 0 Å². The van der Waals surface area contributed by atoms with Gasteiger partial charge in [-0.15, -0.1) is 0 Å². The van der Waals surface area contributed by atoms with Crippen molar-refractivity contribution >= 4 is 11.6 Å². The number of hydrogen-bond donors (Lipinski definition) is 2. The van der Waals surface area contributed by atoms with Crippen LogP contribution in [0.5, 0.6) is 0 Å². The van der Waals surface area contributed by atoms with E-state index in [4.69, 9.17) is 0 Å². The van der Waals surface area contributed by atoms with E-state index in [1.807, 2.05) is 20.0 Å². The topological polar surface area (TPSA) is 53.1 Å². The largest absolute Gasteiger partial charge is 0.373 e. The number of hydrogen-bond acceptors (Lipinski definition) is 5. The number of nitrogens with zero attached hydrogens (tertiary/aromatic N) is 3. The van der Waals surface area contributed by atoms with Gasteiger partial charge in [0, 0.05) is 25.7 Å². The molecule has 1 saturated heterocycles. The first kappa shape index (κ1) is 13.1. The summed E-state index contributed by atoms with van der Waals surface area (Å²) in [6.45, 7) is 7.66. The highest BCUT2D eigenvalue weighted by Gasteiger charge is 2.14. The van der Waals surface area contributed by atoms with Gasteiger partial charge in [-0.25, -0.2) is 9.97 Å². The van der Waals surface area contributed by atoms with E-state index in [9.17, 15) is 0 Å². The summed E-state index contributed by atoms with van der Waals surface area (Å²) in [4.78, 5) is 11.2. The lowest BCUT2D eigenvalue weighted by atomic mass is 10.3. The van der Waals surface area contributed by atoms with E-state index < -0.39 is 0 Å². The fourth-order valence-corrected chi connectivity index (χ4v) is 2.42. The number of rotatable bonds is 5. The van der Waals surface area contributed by atoms with E-state index in [-0.39, 0.29) is 0 Å². The molecule has 0 spiro atoms. The van der Waals surface area contributed by atoms with Crippen molar-refractivity contribution in [2.45, 2.75) is 32.7 Å². The predicted molar refractivity (Wildman–Crippen MR) is 75.1 cm³/mol. The molecular weight excluding hydrogens is 226 g/mol. The minimum atomic E-state index is 0.405. The Morgan fingerprint density at radius 1 is 1.28 bits per heavy atom. The van der Waals surface area contributed by atoms with E-state index in [1.165, 1.54) is 25.9 Å². The standard InChI is InChI=1S/C13H23N5/c1-10(9-18-6-4-5-7-18)15-13-8-12(14-3)16-11(2)17-13/h8,10H,4-7,9H2,1-3H3,(H2,14,15,16,17). The minimum absolute atomic E-state index is 0.405. The first-order valence-electron chi connectivity index (χ1n) is 6.69. The summed E-state index contributed by atoms with van der Waals surface area (Å²) in [6, 6.07) is 2.36.